The smallest absolute Gasteiger partial charge is 0.191 e. The number of rotatable bonds is 6. The van der Waals surface area contributed by atoms with E-state index in [2.05, 4.69) is 52.0 Å². The van der Waals surface area contributed by atoms with Gasteiger partial charge in [0.15, 0.2) is 5.96 Å². The number of halogens is 1. The lowest BCUT2D eigenvalue weighted by molar-refractivity contribution is 0.783. The molecule has 114 valence electrons. The molecule has 1 heterocycles. The summed E-state index contributed by atoms with van der Waals surface area (Å²) >= 11 is 1.69. The van der Waals surface area contributed by atoms with Gasteiger partial charge in [-0.3, -0.25) is 4.99 Å². The molecule has 1 aromatic heterocycles. The Bertz CT molecular complexity index is 427. The van der Waals surface area contributed by atoms with E-state index in [1.54, 1.807) is 18.4 Å². The Hall–Kier alpha value is -0.630. The van der Waals surface area contributed by atoms with Gasteiger partial charge in [0.05, 0.1) is 12.2 Å². The van der Waals surface area contributed by atoms with Crippen molar-refractivity contribution in [3.8, 4) is 0 Å². The Kier molecular flexibility index (Phi) is 10.7. The summed E-state index contributed by atoms with van der Waals surface area (Å²) in [5.41, 5.74) is 1.16. The van der Waals surface area contributed by atoms with E-state index in [1.165, 1.54) is 0 Å². The molecule has 1 aromatic rings. The van der Waals surface area contributed by atoms with Crippen LogP contribution in [0.2, 0.25) is 0 Å². The van der Waals surface area contributed by atoms with Crippen molar-refractivity contribution in [3.05, 3.63) is 28.2 Å². The summed E-state index contributed by atoms with van der Waals surface area (Å²) in [6.07, 6.45) is 5.20. The van der Waals surface area contributed by atoms with Gasteiger partial charge in [-0.25, -0.2) is 4.98 Å². The Balaban J connectivity index is 0.00000361. The molecule has 1 rings (SSSR count). The predicted molar refractivity (Wildman–Crippen MR) is 99.3 cm³/mol. The summed E-state index contributed by atoms with van der Waals surface area (Å²) in [6.45, 7) is 7.96. The lowest BCUT2D eigenvalue weighted by Crippen LogP contribution is -2.37. The van der Waals surface area contributed by atoms with E-state index in [-0.39, 0.29) is 24.0 Å². The second-order valence-corrected chi connectivity index (χ2v) is 5.47. The van der Waals surface area contributed by atoms with Gasteiger partial charge in [-0.2, -0.15) is 0 Å². The van der Waals surface area contributed by atoms with Crippen LogP contribution in [0.1, 0.15) is 43.8 Å². The van der Waals surface area contributed by atoms with Crippen molar-refractivity contribution in [1.29, 1.82) is 0 Å². The largest absolute Gasteiger partial charge is 0.356 e. The fourth-order valence-corrected chi connectivity index (χ4v) is 2.39. The highest BCUT2D eigenvalue weighted by atomic mass is 127. The third-order valence-corrected chi connectivity index (χ3v) is 3.50. The monoisotopic (exact) mass is 408 g/mol. The first-order chi connectivity index (χ1) is 9.17. The van der Waals surface area contributed by atoms with Gasteiger partial charge in [0.1, 0.15) is 5.01 Å². The molecule has 0 atom stereocenters. The summed E-state index contributed by atoms with van der Waals surface area (Å²) < 4.78 is 0. The summed E-state index contributed by atoms with van der Waals surface area (Å²) in [7, 11) is 1.78. The fourth-order valence-electron chi connectivity index (χ4n) is 1.49. The molecule has 0 amide bonds. The number of guanidine groups is 1. The first kappa shape index (κ1) is 19.4. The molecular weight excluding hydrogens is 383 g/mol. The Labute approximate surface area is 143 Å². The summed E-state index contributed by atoms with van der Waals surface area (Å²) in [5, 5.41) is 9.77. The zero-order valence-corrected chi connectivity index (χ0v) is 15.8. The third-order valence-electron chi connectivity index (χ3n) is 2.63. The normalized spacial score (nSPS) is 11.8. The van der Waals surface area contributed by atoms with Crippen molar-refractivity contribution in [1.82, 2.24) is 15.6 Å². The molecule has 0 fully saturated rings. The quantitative estimate of drug-likeness (QED) is 0.249. The van der Waals surface area contributed by atoms with E-state index in [0.29, 0.717) is 5.92 Å². The van der Waals surface area contributed by atoms with Crippen LogP contribution in [-0.2, 0) is 6.54 Å². The van der Waals surface area contributed by atoms with E-state index in [4.69, 9.17) is 0 Å². The van der Waals surface area contributed by atoms with Crippen LogP contribution in [0.25, 0.3) is 0 Å². The Morgan fingerprint density at radius 2 is 2.20 bits per heavy atom. The number of aromatic nitrogens is 1. The number of aliphatic imine (C=N–C) groups is 1. The minimum absolute atomic E-state index is 0. The first-order valence-electron chi connectivity index (χ1n) is 6.67. The first-order valence-corrected chi connectivity index (χ1v) is 7.55. The highest BCUT2D eigenvalue weighted by Crippen LogP contribution is 2.17. The van der Waals surface area contributed by atoms with Crippen LogP contribution in [0, 0.1) is 0 Å². The van der Waals surface area contributed by atoms with E-state index in [0.717, 1.165) is 36.2 Å². The molecule has 0 aliphatic heterocycles. The summed E-state index contributed by atoms with van der Waals surface area (Å²) in [4.78, 5) is 8.78. The van der Waals surface area contributed by atoms with Gasteiger partial charge < -0.3 is 10.6 Å². The maximum Gasteiger partial charge on any atom is 0.191 e. The van der Waals surface area contributed by atoms with Gasteiger partial charge >= 0.3 is 0 Å². The molecule has 0 saturated heterocycles. The lowest BCUT2D eigenvalue weighted by atomic mass is 10.2. The number of allylic oxidation sites excluding steroid dienone is 1. The van der Waals surface area contributed by atoms with Gasteiger partial charge in [0, 0.05) is 19.0 Å². The zero-order valence-electron chi connectivity index (χ0n) is 12.6. The standard InChI is InChI=1S/C14H24N4S.HI/c1-5-6-7-8-16-14(15-4)17-9-13-18-12(10-19-13)11(2)3;/h5-6,10-11H,7-9H2,1-4H3,(H2,15,16,17);1H/b6-5+;. The van der Waals surface area contributed by atoms with Crippen molar-refractivity contribution >= 4 is 41.3 Å². The molecular formula is C14H25IN4S. The topological polar surface area (TPSA) is 49.3 Å². The number of nitrogens with zero attached hydrogens (tertiary/aromatic N) is 2. The fraction of sp³-hybridized carbons (Fsp3) is 0.571. The molecule has 0 aliphatic rings. The number of nitrogens with one attached hydrogen (secondary N) is 2. The molecule has 0 bridgehead atoms. The molecule has 0 unspecified atom stereocenters. The van der Waals surface area contributed by atoms with E-state index >= 15 is 0 Å². The minimum atomic E-state index is 0. The minimum Gasteiger partial charge on any atom is -0.356 e. The predicted octanol–water partition coefficient (Wildman–Crippen LogP) is 3.52. The third kappa shape index (κ3) is 7.23. The van der Waals surface area contributed by atoms with Crippen LogP contribution in [0.15, 0.2) is 22.5 Å². The summed E-state index contributed by atoms with van der Waals surface area (Å²) in [5.74, 6) is 1.31. The SMILES string of the molecule is C/C=C/CCNC(=NC)NCc1nc(C(C)C)cs1.I. The van der Waals surface area contributed by atoms with Crippen LogP contribution in [0.3, 0.4) is 0 Å². The molecule has 2 N–H and O–H groups in total. The molecule has 0 aromatic carbocycles. The molecule has 0 spiro atoms. The molecule has 20 heavy (non-hydrogen) atoms. The second kappa shape index (κ2) is 11.1. The van der Waals surface area contributed by atoms with Gasteiger partial charge in [-0.1, -0.05) is 26.0 Å². The average Bonchev–Trinajstić information content (AvgIpc) is 2.87. The molecule has 0 aliphatic carbocycles. The van der Waals surface area contributed by atoms with Crippen molar-refractivity contribution in [3.63, 3.8) is 0 Å². The van der Waals surface area contributed by atoms with E-state index in [9.17, 15) is 0 Å². The van der Waals surface area contributed by atoms with Crippen molar-refractivity contribution in [2.24, 2.45) is 4.99 Å². The van der Waals surface area contributed by atoms with Gasteiger partial charge in [-0.15, -0.1) is 35.3 Å². The summed E-state index contributed by atoms with van der Waals surface area (Å²) in [6, 6.07) is 0. The number of thiazole rings is 1. The van der Waals surface area contributed by atoms with Crippen LogP contribution in [0.5, 0.6) is 0 Å². The number of hydrogen-bond donors (Lipinski definition) is 2. The number of hydrogen-bond acceptors (Lipinski definition) is 3. The van der Waals surface area contributed by atoms with E-state index < -0.39 is 0 Å². The second-order valence-electron chi connectivity index (χ2n) is 4.53. The van der Waals surface area contributed by atoms with Crippen LogP contribution >= 0.6 is 35.3 Å². The zero-order chi connectivity index (χ0) is 14.1. The lowest BCUT2D eigenvalue weighted by Gasteiger charge is -2.09. The van der Waals surface area contributed by atoms with Crippen molar-refractivity contribution in [2.45, 2.75) is 39.7 Å². The van der Waals surface area contributed by atoms with Gasteiger partial charge in [-0.05, 0) is 19.3 Å². The van der Waals surface area contributed by atoms with Crippen LogP contribution in [0.4, 0.5) is 0 Å². The Morgan fingerprint density at radius 1 is 1.45 bits per heavy atom. The van der Waals surface area contributed by atoms with Gasteiger partial charge in [0.2, 0.25) is 0 Å². The molecule has 0 saturated carbocycles. The average molecular weight is 408 g/mol. The van der Waals surface area contributed by atoms with Crippen LogP contribution in [-0.4, -0.2) is 24.5 Å². The van der Waals surface area contributed by atoms with Crippen LogP contribution < -0.4 is 10.6 Å². The molecule has 4 nitrogen and oxygen atoms in total. The van der Waals surface area contributed by atoms with Crippen molar-refractivity contribution < 1.29 is 0 Å². The van der Waals surface area contributed by atoms with Crippen molar-refractivity contribution in [2.75, 3.05) is 13.6 Å². The van der Waals surface area contributed by atoms with E-state index in [1.807, 2.05) is 6.92 Å². The molecule has 0 radical (unpaired) electrons. The maximum absolute atomic E-state index is 4.59. The highest BCUT2D eigenvalue weighted by molar-refractivity contribution is 14.0. The highest BCUT2D eigenvalue weighted by Gasteiger charge is 2.05. The van der Waals surface area contributed by atoms with Gasteiger partial charge in [0.25, 0.3) is 0 Å². The molecule has 6 heteroatoms. The maximum atomic E-state index is 4.59. The Morgan fingerprint density at radius 3 is 2.75 bits per heavy atom.